The van der Waals surface area contributed by atoms with E-state index in [1.165, 1.54) is 40.9 Å². The highest BCUT2D eigenvalue weighted by Crippen LogP contribution is 2.25. The zero-order valence-corrected chi connectivity index (χ0v) is 14.9. The molecule has 0 fully saturated rings. The van der Waals surface area contributed by atoms with Crippen LogP contribution in [0.25, 0.3) is 0 Å². The fourth-order valence-electron chi connectivity index (χ4n) is 1.67. The molecule has 1 aromatic heterocycles. The van der Waals surface area contributed by atoms with Gasteiger partial charge in [-0.25, -0.2) is 8.42 Å². The van der Waals surface area contributed by atoms with E-state index in [2.05, 4.69) is 15.9 Å². The molecule has 0 aliphatic carbocycles. The second kappa shape index (κ2) is 6.46. The summed E-state index contributed by atoms with van der Waals surface area (Å²) in [6.45, 7) is 0.274. The van der Waals surface area contributed by atoms with E-state index in [0.717, 1.165) is 9.35 Å². The third-order valence-corrected chi connectivity index (χ3v) is 6.56. The molecule has 2 aromatic rings. The highest BCUT2D eigenvalue weighted by molar-refractivity contribution is 9.10. The highest BCUT2D eigenvalue weighted by Gasteiger charge is 2.22. The van der Waals surface area contributed by atoms with Gasteiger partial charge in [-0.3, -0.25) is 0 Å². The number of benzene rings is 1. The molecule has 4 nitrogen and oxygen atoms in total. The topological polar surface area (TPSA) is 61.2 Å². The van der Waals surface area contributed by atoms with Crippen molar-refractivity contribution in [1.82, 2.24) is 4.31 Å². The molecule has 2 rings (SSSR count). The molecule has 21 heavy (non-hydrogen) atoms. The molecule has 0 unspecified atom stereocenters. The minimum atomic E-state index is -3.64. The third-order valence-electron chi connectivity index (χ3n) is 2.77. The fraction of sp³-hybridized carbons (Fsp3) is 0.154. The summed E-state index contributed by atoms with van der Waals surface area (Å²) in [7, 11) is -2.14. The number of hydrogen-bond acceptors (Lipinski definition) is 4. The molecule has 0 N–H and O–H groups in total. The molecule has 0 aliphatic rings. The van der Waals surface area contributed by atoms with E-state index in [1.54, 1.807) is 0 Å². The number of hydrogen-bond donors (Lipinski definition) is 0. The van der Waals surface area contributed by atoms with E-state index in [0.29, 0.717) is 0 Å². The van der Waals surface area contributed by atoms with Gasteiger partial charge >= 0.3 is 0 Å². The summed E-state index contributed by atoms with van der Waals surface area (Å²) in [4.78, 5) is 0.998. The zero-order valence-electron chi connectivity index (χ0n) is 10.9. The Morgan fingerprint density at radius 1 is 1.43 bits per heavy atom. The average Bonchev–Trinajstić information content (AvgIpc) is 2.83. The first-order chi connectivity index (χ1) is 9.84. The maximum Gasteiger partial charge on any atom is 0.243 e. The quantitative estimate of drug-likeness (QED) is 0.776. The van der Waals surface area contributed by atoms with Crippen LogP contribution in [0.15, 0.2) is 39.0 Å². The molecule has 110 valence electrons. The van der Waals surface area contributed by atoms with Crippen molar-refractivity contribution in [3.8, 4) is 6.07 Å². The van der Waals surface area contributed by atoms with Gasteiger partial charge < -0.3 is 0 Å². The Kier molecular flexibility index (Phi) is 5.07. The summed E-state index contributed by atoms with van der Waals surface area (Å²) in [5, 5.41) is 10.8. The standard InChI is InChI=1S/C13H10BrClN2O2S2/c1-17(7-11-4-10(14)8-20-11)21(18,19)12-3-2-9(6-16)13(15)5-12/h2-5,8H,7H2,1H3. The number of sulfonamides is 1. The Bertz CT molecular complexity index is 812. The maximum absolute atomic E-state index is 12.5. The van der Waals surface area contributed by atoms with Crippen molar-refractivity contribution in [2.24, 2.45) is 0 Å². The monoisotopic (exact) mass is 404 g/mol. The number of halogens is 2. The smallest absolute Gasteiger partial charge is 0.207 e. The van der Waals surface area contributed by atoms with E-state index < -0.39 is 10.0 Å². The van der Waals surface area contributed by atoms with Crippen LogP contribution < -0.4 is 0 Å². The molecule has 8 heteroatoms. The average molecular weight is 406 g/mol. The van der Waals surface area contributed by atoms with Crippen LogP contribution in [-0.2, 0) is 16.6 Å². The van der Waals surface area contributed by atoms with Crippen molar-refractivity contribution < 1.29 is 8.42 Å². The van der Waals surface area contributed by atoms with Gasteiger partial charge in [0.25, 0.3) is 0 Å². The largest absolute Gasteiger partial charge is 0.243 e. The summed E-state index contributed by atoms with van der Waals surface area (Å²) in [6.07, 6.45) is 0. The molecule has 0 saturated heterocycles. The zero-order chi connectivity index (χ0) is 15.6. The van der Waals surface area contributed by atoms with Gasteiger partial charge in [-0.2, -0.15) is 9.57 Å². The third kappa shape index (κ3) is 3.65. The number of rotatable bonds is 4. The summed E-state index contributed by atoms with van der Waals surface area (Å²) in [6, 6.07) is 7.88. The van der Waals surface area contributed by atoms with E-state index in [9.17, 15) is 8.42 Å². The van der Waals surface area contributed by atoms with Crippen LogP contribution in [0.3, 0.4) is 0 Å². The van der Waals surface area contributed by atoms with Crippen LogP contribution in [0, 0.1) is 11.3 Å². The first-order valence-electron chi connectivity index (χ1n) is 5.73. The first kappa shape index (κ1) is 16.5. The van der Waals surface area contributed by atoms with E-state index in [-0.39, 0.29) is 22.0 Å². The van der Waals surface area contributed by atoms with Gasteiger partial charge in [0.05, 0.1) is 15.5 Å². The van der Waals surface area contributed by atoms with Gasteiger partial charge in [0.15, 0.2) is 0 Å². The van der Waals surface area contributed by atoms with Crippen LogP contribution in [0.4, 0.5) is 0 Å². The van der Waals surface area contributed by atoms with Gasteiger partial charge in [0, 0.05) is 28.3 Å². The lowest BCUT2D eigenvalue weighted by atomic mass is 10.2. The van der Waals surface area contributed by atoms with Crippen molar-refractivity contribution in [2.45, 2.75) is 11.4 Å². The van der Waals surface area contributed by atoms with Gasteiger partial charge in [-0.1, -0.05) is 11.6 Å². The van der Waals surface area contributed by atoms with Crippen molar-refractivity contribution in [1.29, 1.82) is 5.26 Å². The van der Waals surface area contributed by atoms with Gasteiger partial charge in [-0.15, -0.1) is 11.3 Å². The molecule has 0 atom stereocenters. The van der Waals surface area contributed by atoms with Crippen LogP contribution in [0.2, 0.25) is 5.02 Å². The number of nitrogens with zero attached hydrogens (tertiary/aromatic N) is 2. The lowest BCUT2D eigenvalue weighted by Gasteiger charge is -2.16. The minimum Gasteiger partial charge on any atom is -0.207 e. The second-order valence-corrected chi connectivity index (χ2v) is 8.61. The molecule has 0 spiro atoms. The van der Waals surface area contributed by atoms with E-state index in [1.807, 2.05) is 17.5 Å². The Morgan fingerprint density at radius 2 is 2.14 bits per heavy atom. The molecule has 0 bridgehead atoms. The lowest BCUT2D eigenvalue weighted by Crippen LogP contribution is -2.26. The maximum atomic E-state index is 12.5. The van der Waals surface area contributed by atoms with Crippen LogP contribution in [-0.4, -0.2) is 19.8 Å². The summed E-state index contributed by atoms with van der Waals surface area (Å²) < 4.78 is 27.1. The molecule has 0 radical (unpaired) electrons. The predicted molar refractivity (Wildman–Crippen MR) is 86.8 cm³/mol. The Hall–Kier alpha value is -0.910. The molecule has 0 saturated carbocycles. The van der Waals surface area contributed by atoms with Crippen molar-refractivity contribution in [3.05, 3.63) is 49.6 Å². The lowest BCUT2D eigenvalue weighted by molar-refractivity contribution is 0.469. The second-order valence-electron chi connectivity index (χ2n) is 4.25. The molecular weight excluding hydrogens is 396 g/mol. The molecular formula is C13H10BrClN2O2S2. The highest BCUT2D eigenvalue weighted by atomic mass is 79.9. The normalized spacial score (nSPS) is 11.6. The fourth-order valence-corrected chi connectivity index (χ4v) is 4.72. The van der Waals surface area contributed by atoms with E-state index in [4.69, 9.17) is 16.9 Å². The summed E-state index contributed by atoms with van der Waals surface area (Å²) >= 11 is 10.7. The van der Waals surface area contributed by atoms with Crippen molar-refractivity contribution in [2.75, 3.05) is 7.05 Å². The number of nitriles is 1. The Labute approximate surface area is 140 Å². The number of thiophene rings is 1. The Balaban J connectivity index is 2.29. The van der Waals surface area contributed by atoms with Crippen molar-refractivity contribution in [3.63, 3.8) is 0 Å². The first-order valence-corrected chi connectivity index (χ1v) is 9.22. The predicted octanol–water partition coefficient (Wildman–Crippen LogP) is 3.86. The van der Waals surface area contributed by atoms with Gasteiger partial charge in [0.2, 0.25) is 10.0 Å². The van der Waals surface area contributed by atoms with Crippen LogP contribution >= 0.6 is 38.9 Å². The van der Waals surface area contributed by atoms with Crippen LogP contribution in [0.1, 0.15) is 10.4 Å². The van der Waals surface area contributed by atoms with Gasteiger partial charge in [0.1, 0.15) is 6.07 Å². The van der Waals surface area contributed by atoms with Crippen molar-refractivity contribution >= 4 is 48.9 Å². The van der Waals surface area contributed by atoms with E-state index >= 15 is 0 Å². The van der Waals surface area contributed by atoms with Crippen LogP contribution in [0.5, 0.6) is 0 Å². The minimum absolute atomic E-state index is 0.0737. The molecule has 1 aromatic carbocycles. The molecule has 0 aliphatic heterocycles. The SMILES string of the molecule is CN(Cc1cc(Br)cs1)S(=O)(=O)c1ccc(C#N)c(Cl)c1. The molecule has 1 heterocycles. The summed E-state index contributed by atoms with van der Waals surface area (Å²) in [5.41, 5.74) is 0.250. The summed E-state index contributed by atoms with van der Waals surface area (Å²) in [5.74, 6) is 0. The molecule has 0 amide bonds. The Morgan fingerprint density at radius 3 is 2.67 bits per heavy atom. The van der Waals surface area contributed by atoms with Gasteiger partial charge in [-0.05, 0) is 40.2 Å².